The summed E-state index contributed by atoms with van der Waals surface area (Å²) in [7, 11) is 0. The fourth-order valence-electron chi connectivity index (χ4n) is 4.35. The summed E-state index contributed by atoms with van der Waals surface area (Å²) < 4.78 is 18.3. The van der Waals surface area contributed by atoms with Crippen molar-refractivity contribution >= 4 is 17.7 Å². The van der Waals surface area contributed by atoms with Crippen molar-refractivity contribution in [3.63, 3.8) is 0 Å². The quantitative estimate of drug-likeness (QED) is 0.353. The average Bonchev–Trinajstić information content (AvgIpc) is 3.62. The molecule has 0 saturated carbocycles. The number of rotatable bonds is 10. The third kappa shape index (κ3) is 6.08. The Morgan fingerprint density at radius 2 is 1.94 bits per heavy atom. The van der Waals surface area contributed by atoms with Gasteiger partial charge in [-0.15, -0.1) is 0 Å². The predicted octanol–water partition coefficient (Wildman–Crippen LogP) is 3.64. The molecule has 1 aromatic carbocycles. The normalized spacial score (nSPS) is 16.1. The highest BCUT2D eigenvalue weighted by molar-refractivity contribution is 6.00. The molecule has 2 aromatic heterocycles. The molecule has 8 nitrogen and oxygen atoms in total. The zero-order valence-electron chi connectivity index (χ0n) is 20.0. The molecule has 0 spiro atoms. The molecular weight excluding hydrogens is 448 g/mol. The molecule has 0 radical (unpaired) electrons. The van der Waals surface area contributed by atoms with Crippen LogP contribution in [-0.2, 0) is 27.2 Å². The van der Waals surface area contributed by atoms with Gasteiger partial charge in [-0.2, -0.15) is 0 Å². The predicted molar refractivity (Wildman–Crippen MR) is 128 cm³/mol. The number of ether oxygens (including phenoxy) is 2. The summed E-state index contributed by atoms with van der Waals surface area (Å²) in [6.45, 7) is 4.89. The average molecular weight is 479 g/mol. The van der Waals surface area contributed by atoms with E-state index in [0.29, 0.717) is 12.1 Å². The first-order valence-corrected chi connectivity index (χ1v) is 11.8. The van der Waals surface area contributed by atoms with Crippen molar-refractivity contribution in [3.8, 4) is 0 Å². The summed E-state index contributed by atoms with van der Waals surface area (Å²) in [6.07, 6.45) is 3.80. The summed E-state index contributed by atoms with van der Waals surface area (Å²) >= 11 is 0. The fraction of sp³-hybridized carbons (Fsp3) is 0.370. The van der Waals surface area contributed by atoms with E-state index in [-0.39, 0.29) is 24.1 Å². The second-order valence-corrected chi connectivity index (χ2v) is 8.75. The zero-order valence-corrected chi connectivity index (χ0v) is 20.0. The van der Waals surface area contributed by atoms with Crippen molar-refractivity contribution in [1.82, 2.24) is 9.88 Å². The summed E-state index contributed by atoms with van der Waals surface area (Å²) in [5, 5.41) is 2.66. The van der Waals surface area contributed by atoms with E-state index in [0.717, 1.165) is 36.4 Å². The Labute approximate surface area is 204 Å². The molecule has 3 aromatic rings. The standard InChI is InChI=1S/C27H30N2O6/c1-18-14-22(19(2)29(18)16-21-10-6-12-33-21)24(30)17-35-27(32)23(15-20-8-4-3-5-9-20)28-26(31)25-11-7-13-34-25/h3-5,7-9,11,13-14,21,23H,6,10,12,15-17H2,1-2H3,(H,28,31)/t21-,23+/m1/s1. The molecule has 1 aliphatic rings. The number of aryl methyl sites for hydroxylation is 1. The molecular formula is C27H30N2O6. The molecule has 8 heteroatoms. The van der Waals surface area contributed by atoms with Gasteiger partial charge in [0, 0.05) is 36.5 Å². The zero-order chi connectivity index (χ0) is 24.8. The number of carbonyl (C=O) groups excluding carboxylic acids is 3. The van der Waals surface area contributed by atoms with Crippen LogP contribution in [0.4, 0.5) is 0 Å². The number of Topliss-reactive ketones (excluding diaryl/α,β-unsaturated/α-hetero) is 1. The van der Waals surface area contributed by atoms with E-state index >= 15 is 0 Å². The van der Waals surface area contributed by atoms with E-state index in [1.54, 1.807) is 6.07 Å². The Morgan fingerprint density at radius 3 is 2.63 bits per heavy atom. The van der Waals surface area contributed by atoms with E-state index in [4.69, 9.17) is 13.9 Å². The first-order valence-electron chi connectivity index (χ1n) is 11.8. The van der Waals surface area contributed by atoms with Gasteiger partial charge < -0.3 is 23.8 Å². The Bertz CT molecular complexity index is 1160. The van der Waals surface area contributed by atoms with Crippen LogP contribution in [0.5, 0.6) is 0 Å². The van der Waals surface area contributed by atoms with Gasteiger partial charge in [-0.05, 0) is 50.5 Å². The molecule has 1 amide bonds. The minimum Gasteiger partial charge on any atom is -0.459 e. The lowest BCUT2D eigenvalue weighted by atomic mass is 10.1. The van der Waals surface area contributed by atoms with Crippen molar-refractivity contribution in [1.29, 1.82) is 0 Å². The van der Waals surface area contributed by atoms with Crippen LogP contribution >= 0.6 is 0 Å². The minimum absolute atomic E-state index is 0.0885. The Hall–Kier alpha value is -3.65. The first-order chi connectivity index (χ1) is 16.9. The lowest BCUT2D eigenvalue weighted by Crippen LogP contribution is -2.43. The number of nitrogens with one attached hydrogen (secondary N) is 1. The van der Waals surface area contributed by atoms with Crippen LogP contribution in [0.1, 0.15) is 50.7 Å². The second kappa shape index (κ2) is 11.2. The molecule has 1 saturated heterocycles. The number of furan rings is 1. The van der Waals surface area contributed by atoms with Crippen molar-refractivity contribution in [2.45, 2.75) is 51.8 Å². The molecule has 0 unspecified atom stereocenters. The highest BCUT2D eigenvalue weighted by Crippen LogP contribution is 2.21. The van der Waals surface area contributed by atoms with E-state index in [1.807, 2.05) is 50.2 Å². The van der Waals surface area contributed by atoms with E-state index < -0.39 is 24.5 Å². The van der Waals surface area contributed by atoms with Gasteiger partial charge in [-0.1, -0.05) is 30.3 Å². The summed E-state index contributed by atoms with van der Waals surface area (Å²) in [4.78, 5) is 38.4. The molecule has 184 valence electrons. The Kier molecular flexibility index (Phi) is 7.82. The van der Waals surface area contributed by atoms with Gasteiger partial charge in [0.05, 0.1) is 12.4 Å². The number of hydrogen-bond donors (Lipinski definition) is 1. The number of nitrogens with zero attached hydrogens (tertiary/aromatic N) is 1. The molecule has 1 aliphatic heterocycles. The lowest BCUT2D eigenvalue weighted by molar-refractivity contribution is -0.144. The summed E-state index contributed by atoms with van der Waals surface area (Å²) in [5.41, 5.74) is 3.15. The highest BCUT2D eigenvalue weighted by atomic mass is 16.5. The van der Waals surface area contributed by atoms with Crippen molar-refractivity contribution in [3.05, 3.63) is 83.1 Å². The molecule has 0 bridgehead atoms. The SMILES string of the molecule is Cc1cc(C(=O)COC(=O)[C@H](Cc2ccccc2)NC(=O)c2ccco2)c(C)n1C[C@H]1CCCO1. The first kappa shape index (κ1) is 24.5. The maximum absolute atomic E-state index is 12.9. The topological polar surface area (TPSA) is 99.8 Å². The van der Waals surface area contributed by atoms with Crippen LogP contribution in [0.2, 0.25) is 0 Å². The highest BCUT2D eigenvalue weighted by Gasteiger charge is 2.26. The number of aromatic nitrogens is 1. The van der Waals surface area contributed by atoms with Gasteiger partial charge in [0.25, 0.3) is 5.91 Å². The van der Waals surface area contributed by atoms with Gasteiger partial charge in [0.2, 0.25) is 5.78 Å². The smallest absolute Gasteiger partial charge is 0.329 e. The number of carbonyl (C=O) groups is 3. The molecule has 0 aliphatic carbocycles. The Balaban J connectivity index is 1.41. The lowest BCUT2D eigenvalue weighted by Gasteiger charge is -2.17. The number of benzene rings is 1. The molecule has 3 heterocycles. The van der Waals surface area contributed by atoms with Crippen LogP contribution < -0.4 is 5.32 Å². The van der Waals surface area contributed by atoms with Gasteiger partial charge >= 0.3 is 5.97 Å². The second-order valence-electron chi connectivity index (χ2n) is 8.75. The maximum Gasteiger partial charge on any atom is 0.329 e. The Morgan fingerprint density at radius 1 is 1.14 bits per heavy atom. The van der Waals surface area contributed by atoms with Crippen LogP contribution in [0.15, 0.2) is 59.2 Å². The van der Waals surface area contributed by atoms with Crippen molar-refractivity contribution < 1.29 is 28.3 Å². The molecule has 35 heavy (non-hydrogen) atoms. The van der Waals surface area contributed by atoms with E-state index in [2.05, 4.69) is 9.88 Å². The van der Waals surface area contributed by atoms with Crippen LogP contribution in [0.25, 0.3) is 0 Å². The largest absolute Gasteiger partial charge is 0.459 e. The van der Waals surface area contributed by atoms with E-state index in [9.17, 15) is 14.4 Å². The van der Waals surface area contributed by atoms with Gasteiger partial charge in [0.15, 0.2) is 12.4 Å². The molecule has 4 rings (SSSR count). The number of hydrogen-bond acceptors (Lipinski definition) is 6. The van der Waals surface area contributed by atoms with Gasteiger partial charge in [0.1, 0.15) is 6.04 Å². The third-order valence-corrected chi connectivity index (χ3v) is 6.25. The summed E-state index contributed by atoms with van der Waals surface area (Å²) in [6, 6.07) is 13.2. The summed E-state index contributed by atoms with van der Waals surface area (Å²) in [5.74, 6) is -1.42. The van der Waals surface area contributed by atoms with Crippen LogP contribution in [0, 0.1) is 13.8 Å². The van der Waals surface area contributed by atoms with Crippen LogP contribution in [-0.4, -0.2) is 47.6 Å². The molecule has 1 fully saturated rings. The third-order valence-electron chi connectivity index (χ3n) is 6.25. The number of amides is 1. The van der Waals surface area contributed by atoms with E-state index in [1.165, 1.54) is 12.3 Å². The van der Waals surface area contributed by atoms with Gasteiger partial charge in [-0.25, -0.2) is 4.79 Å². The monoisotopic (exact) mass is 478 g/mol. The molecule has 2 atom stereocenters. The number of ketones is 1. The van der Waals surface area contributed by atoms with Crippen molar-refractivity contribution in [2.24, 2.45) is 0 Å². The van der Waals surface area contributed by atoms with Crippen LogP contribution in [0.3, 0.4) is 0 Å². The maximum atomic E-state index is 12.9. The van der Waals surface area contributed by atoms with Crippen molar-refractivity contribution in [2.75, 3.05) is 13.2 Å². The fourth-order valence-corrected chi connectivity index (χ4v) is 4.35. The van der Waals surface area contributed by atoms with Gasteiger partial charge in [-0.3, -0.25) is 9.59 Å². The number of esters is 1. The minimum atomic E-state index is -0.977. The molecule has 1 N–H and O–H groups in total.